The lowest BCUT2D eigenvalue weighted by Crippen LogP contribution is -2.19. The molecule has 0 radical (unpaired) electrons. The maximum Gasteiger partial charge on any atom is 0.409 e. The maximum atomic E-state index is 12.2. The number of alkyl halides is 3. The Morgan fingerprint density at radius 2 is 2.05 bits per heavy atom. The first-order valence-electron chi connectivity index (χ1n) is 5.31. The summed E-state index contributed by atoms with van der Waals surface area (Å²) in [6, 6.07) is 0. The molecule has 2 heterocycles. The molecule has 0 fully saturated rings. The van der Waals surface area contributed by atoms with E-state index in [4.69, 9.17) is 0 Å². The van der Waals surface area contributed by atoms with E-state index in [0.29, 0.717) is 33.6 Å². The van der Waals surface area contributed by atoms with Crippen molar-refractivity contribution in [2.75, 3.05) is 0 Å². The molecule has 0 aliphatic carbocycles. The van der Waals surface area contributed by atoms with Crippen LogP contribution in [-0.2, 0) is 6.54 Å². The Morgan fingerprint density at radius 3 is 2.58 bits per heavy atom. The van der Waals surface area contributed by atoms with Crippen LogP contribution in [0.3, 0.4) is 0 Å². The van der Waals surface area contributed by atoms with E-state index in [9.17, 15) is 18.0 Å². The average molecular weight is 273 g/mol. The van der Waals surface area contributed by atoms with Gasteiger partial charge in [0.1, 0.15) is 0 Å². The highest BCUT2D eigenvalue weighted by molar-refractivity contribution is 5.82. The summed E-state index contributed by atoms with van der Waals surface area (Å²) < 4.78 is 36.5. The number of aromatic amines is 1. The molecule has 0 atom stereocenters. The molecule has 0 saturated carbocycles. The average Bonchev–Trinajstić information content (AvgIpc) is 2.82. The highest BCUT2D eigenvalue weighted by Crippen LogP contribution is 2.23. The van der Waals surface area contributed by atoms with Crippen LogP contribution in [-0.4, -0.2) is 37.7 Å². The predicted octanol–water partition coefficient (Wildman–Crippen LogP) is 1.66. The Hall–Kier alpha value is -2.19. The fraction of sp³-hybridized carbons (Fsp3) is 0.400. The highest BCUT2D eigenvalue weighted by Gasteiger charge is 2.30. The number of carbonyl (C=O) groups is 1. The minimum atomic E-state index is -4.41. The number of aldehydes is 1. The normalized spacial score (nSPS) is 11.8. The molecule has 19 heavy (non-hydrogen) atoms. The molecule has 0 aromatic carbocycles. The van der Waals surface area contributed by atoms with Gasteiger partial charge in [0.2, 0.25) is 5.82 Å². The molecule has 0 amide bonds. The Labute approximate surface area is 105 Å². The van der Waals surface area contributed by atoms with Gasteiger partial charge in [-0.15, -0.1) is 10.2 Å². The minimum absolute atomic E-state index is 0.0259. The van der Waals surface area contributed by atoms with Gasteiger partial charge in [-0.2, -0.15) is 18.0 Å². The second-order valence-electron chi connectivity index (χ2n) is 4.04. The van der Waals surface area contributed by atoms with Gasteiger partial charge in [-0.05, 0) is 24.6 Å². The molecular weight excluding hydrogens is 263 g/mol. The Morgan fingerprint density at radius 1 is 1.37 bits per heavy atom. The molecule has 1 N–H and O–H groups in total. The van der Waals surface area contributed by atoms with Crippen molar-refractivity contribution in [1.29, 1.82) is 0 Å². The lowest BCUT2D eigenvalue weighted by Gasteiger charge is -2.02. The molecule has 0 aliphatic heterocycles. The summed E-state index contributed by atoms with van der Waals surface area (Å²) in [6.45, 7) is 2.03. The molecule has 0 bridgehead atoms. The van der Waals surface area contributed by atoms with E-state index in [0.717, 1.165) is 0 Å². The van der Waals surface area contributed by atoms with Crippen LogP contribution in [0, 0.1) is 13.8 Å². The monoisotopic (exact) mass is 273 g/mol. The number of aromatic nitrogens is 5. The smallest absolute Gasteiger partial charge is 0.355 e. The van der Waals surface area contributed by atoms with Crippen molar-refractivity contribution in [2.24, 2.45) is 0 Å². The molecule has 102 valence electrons. The summed E-state index contributed by atoms with van der Waals surface area (Å²) in [5.41, 5.74) is 2.03. The van der Waals surface area contributed by atoms with Gasteiger partial charge >= 0.3 is 6.18 Å². The van der Waals surface area contributed by atoms with Gasteiger partial charge in [0.05, 0.1) is 5.69 Å². The van der Waals surface area contributed by atoms with Gasteiger partial charge in [0.25, 0.3) is 0 Å². The predicted molar refractivity (Wildman–Crippen MR) is 58.5 cm³/mol. The number of carbonyl (C=O) groups excluding carboxylic acids is 1. The van der Waals surface area contributed by atoms with Crippen LogP contribution in [0.15, 0.2) is 0 Å². The molecule has 6 nitrogen and oxygen atoms in total. The number of nitrogens with one attached hydrogen (secondary N) is 1. The van der Waals surface area contributed by atoms with Crippen molar-refractivity contribution in [3.63, 3.8) is 0 Å². The second kappa shape index (κ2) is 4.48. The second-order valence-corrected chi connectivity index (χ2v) is 4.04. The van der Waals surface area contributed by atoms with E-state index in [-0.39, 0.29) is 5.82 Å². The van der Waals surface area contributed by atoms with E-state index in [1.807, 2.05) is 0 Å². The highest BCUT2D eigenvalue weighted by atomic mass is 19.4. The lowest BCUT2D eigenvalue weighted by molar-refractivity contribution is -0.145. The van der Waals surface area contributed by atoms with Crippen LogP contribution in [0.5, 0.6) is 0 Å². The first-order chi connectivity index (χ1) is 8.81. The van der Waals surface area contributed by atoms with Crippen LogP contribution >= 0.6 is 0 Å². The number of hydrogen-bond donors (Lipinski definition) is 1. The van der Waals surface area contributed by atoms with Crippen molar-refractivity contribution in [3.8, 4) is 11.5 Å². The van der Waals surface area contributed by atoms with Crippen molar-refractivity contribution >= 4 is 6.29 Å². The molecule has 0 saturated heterocycles. The largest absolute Gasteiger partial charge is 0.409 e. The molecule has 0 spiro atoms. The fourth-order valence-corrected chi connectivity index (χ4v) is 1.74. The summed E-state index contributed by atoms with van der Waals surface area (Å²) in [5.74, 6) is 0.0259. The number of nitrogens with zero attached hydrogens (tertiary/aromatic N) is 4. The third-order valence-electron chi connectivity index (χ3n) is 2.61. The van der Waals surface area contributed by atoms with Crippen molar-refractivity contribution in [1.82, 2.24) is 25.2 Å². The van der Waals surface area contributed by atoms with Gasteiger partial charge in [0.15, 0.2) is 12.8 Å². The zero-order valence-corrected chi connectivity index (χ0v) is 10.1. The molecule has 2 rings (SSSR count). The van der Waals surface area contributed by atoms with E-state index < -0.39 is 12.7 Å². The van der Waals surface area contributed by atoms with E-state index >= 15 is 0 Å². The summed E-state index contributed by atoms with van der Waals surface area (Å²) in [4.78, 5) is 14.2. The van der Waals surface area contributed by atoms with Gasteiger partial charge < -0.3 is 4.98 Å². The Kier molecular flexibility index (Phi) is 3.13. The molecule has 0 aliphatic rings. The van der Waals surface area contributed by atoms with Crippen LogP contribution in [0.4, 0.5) is 13.2 Å². The summed E-state index contributed by atoms with van der Waals surface area (Å²) in [6.07, 6.45) is -3.74. The number of tetrazole rings is 1. The summed E-state index contributed by atoms with van der Waals surface area (Å²) in [7, 11) is 0. The lowest BCUT2D eigenvalue weighted by atomic mass is 10.1. The van der Waals surface area contributed by atoms with E-state index in [1.54, 1.807) is 13.8 Å². The summed E-state index contributed by atoms with van der Waals surface area (Å²) >= 11 is 0. The third-order valence-corrected chi connectivity index (χ3v) is 2.61. The van der Waals surface area contributed by atoms with Crippen molar-refractivity contribution < 1.29 is 18.0 Å². The Bertz CT molecular complexity index is 613. The quantitative estimate of drug-likeness (QED) is 0.863. The first-order valence-corrected chi connectivity index (χ1v) is 5.31. The fourth-order valence-electron chi connectivity index (χ4n) is 1.74. The molecule has 2 aromatic rings. The number of rotatable bonds is 3. The topological polar surface area (TPSA) is 76.5 Å². The Balaban J connectivity index is 2.36. The molecule has 0 unspecified atom stereocenters. The molecule has 9 heteroatoms. The number of aryl methyl sites for hydroxylation is 1. The summed E-state index contributed by atoms with van der Waals surface area (Å²) in [5, 5.41) is 10.5. The van der Waals surface area contributed by atoms with Crippen LogP contribution in [0.1, 0.15) is 21.6 Å². The number of hydrogen-bond acceptors (Lipinski definition) is 4. The van der Waals surface area contributed by atoms with Crippen LogP contribution < -0.4 is 0 Å². The van der Waals surface area contributed by atoms with Gasteiger partial charge in [-0.1, -0.05) is 0 Å². The SMILES string of the molecule is Cc1[nH]c(-c2nnn(CC(F)(F)F)n2)c(C)c1C=O. The zero-order chi connectivity index (χ0) is 14.2. The number of H-pyrrole nitrogens is 1. The van der Waals surface area contributed by atoms with Crippen molar-refractivity contribution in [3.05, 3.63) is 16.8 Å². The zero-order valence-electron chi connectivity index (χ0n) is 10.1. The van der Waals surface area contributed by atoms with Crippen LogP contribution in [0.2, 0.25) is 0 Å². The minimum Gasteiger partial charge on any atom is -0.355 e. The van der Waals surface area contributed by atoms with Crippen molar-refractivity contribution in [2.45, 2.75) is 26.6 Å². The van der Waals surface area contributed by atoms with Gasteiger partial charge in [-0.25, -0.2) is 0 Å². The first kappa shape index (κ1) is 13.2. The number of halogens is 3. The van der Waals surface area contributed by atoms with E-state index in [1.165, 1.54) is 0 Å². The molecule has 2 aromatic heterocycles. The standard InChI is InChI=1S/C10H10F3N5O/c1-5-7(3-19)6(2)14-8(5)9-15-17-18(16-9)4-10(11,12)13/h3,14H,4H2,1-2H3. The molecular formula is C10H10F3N5O. The van der Waals surface area contributed by atoms with Gasteiger partial charge in [-0.3, -0.25) is 4.79 Å². The van der Waals surface area contributed by atoms with Gasteiger partial charge in [0, 0.05) is 11.3 Å². The van der Waals surface area contributed by atoms with E-state index in [2.05, 4.69) is 20.4 Å². The maximum absolute atomic E-state index is 12.2. The van der Waals surface area contributed by atoms with Crippen LogP contribution in [0.25, 0.3) is 11.5 Å². The third kappa shape index (κ3) is 2.64.